The molecule has 2 aromatic rings. The molecule has 0 radical (unpaired) electrons. The number of nitrogens with zero attached hydrogens (tertiary/aromatic N) is 4. The van der Waals surface area contributed by atoms with Crippen LogP contribution < -0.4 is 0 Å². The topological polar surface area (TPSA) is 51.1 Å². The molecule has 146 valence electrons. The van der Waals surface area contributed by atoms with Gasteiger partial charge in [0.15, 0.2) is 0 Å². The number of likely N-dealkylation sites (tertiary alicyclic amines) is 1. The summed E-state index contributed by atoms with van der Waals surface area (Å²) in [5, 5.41) is 0. The van der Waals surface area contributed by atoms with Crippen LogP contribution in [0.25, 0.3) is 0 Å². The number of aryl methyl sites for hydroxylation is 2. The van der Waals surface area contributed by atoms with Gasteiger partial charge in [0.2, 0.25) is 0 Å². The Kier molecular flexibility index (Phi) is 6.22. The first kappa shape index (κ1) is 19.9. The minimum absolute atomic E-state index is 0.0437. The minimum Gasteiger partial charge on any atom is -0.381 e. The Balaban J connectivity index is 1.73. The molecule has 0 saturated carbocycles. The van der Waals surface area contributed by atoms with E-state index in [1.807, 2.05) is 31.6 Å². The number of ether oxygens (including phenoxy) is 1. The van der Waals surface area contributed by atoms with E-state index < -0.39 is 0 Å². The molecule has 1 fully saturated rings. The van der Waals surface area contributed by atoms with Gasteiger partial charge in [-0.3, -0.25) is 9.88 Å². The lowest BCUT2D eigenvalue weighted by Gasteiger charge is -2.38. The maximum atomic E-state index is 5.91. The number of hydrogen-bond acceptors (Lipinski definition) is 5. The summed E-state index contributed by atoms with van der Waals surface area (Å²) in [6.45, 7) is 12.4. The largest absolute Gasteiger partial charge is 0.381 e. The zero-order valence-corrected chi connectivity index (χ0v) is 17.1. The minimum atomic E-state index is -0.0437. The first-order valence-electron chi connectivity index (χ1n) is 9.97. The van der Waals surface area contributed by atoms with Crippen LogP contribution in [0.4, 0.5) is 0 Å². The van der Waals surface area contributed by atoms with Gasteiger partial charge >= 0.3 is 0 Å². The predicted molar refractivity (Wildman–Crippen MR) is 107 cm³/mol. The summed E-state index contributed by atoms with van der Waals surface area (Å²) in [6.07, 6.45) is 8.76. The summed E-state index contributed by atoms with van der Waals surface area (Å²) in [5.41, 5.74) is 2.44. The van der Waals surface area contributed by atoms with Crippen LogP contribution in [-0.4, -0.2) is 46.2 Å². The summed E-state index contributed by atoms with van der Waals surface area (Å²) in [4.78, 5) is 15.9. The molecule has 0 N–H and O–H groups in total. The van der Waals surface area contributed by atoms with Crippen LogP contribution in [0, 0.1) is 12.3 Å². The van der Waals surface area contributed by atoms with Crippen LogP contribution >= 0.6 is 0 Å². The van der Waals surface area contributed by atoms with Crippen molar-refractivity contribution in [3.8, 4) is 0 Å². The van der Waals surface area contributed by atoms with E-state index in [-0.39, 0.29) is 11.0 Å². The third-order valence-electron chi connectivity index (χ3n) is 5.96. The molecule has 5 nitrogen and oxygen atoms in total. The average molecular weight is 369 g/mol. The summed E-state index contributed by atoms with van der Waals surface area (Å²) < 4.78 is 5.91. The van der Waals surface area contributed by atoms with Gasteiger partial charge < -0.3 is 4.74 Å². The maximum absolute atomic E-state index is 5.91. The van der Waals surface area contributed by atoms with Crippen LogP contribution in [0.1, 0.15) is 50.7 Å². The van der Waals surface area contributed by atoms with Crippen molar-refractivity contribution < 1.29 is 4.74 Å². The molecule has 0 bridgehead atoms. The van der Waals surface area contributed by atoms with E-state index >= 15 is 0 Å². The second-order valence-corrected chi connectivity index (χ2v) is 8.22. The lowest BCUT2D eigenvalue weighted by atomic mass is 9.82. The third-order valence-corrected chi connectivity index (χ3v) is 5.96. The Morgan fingerprint density at radius 2 is 1.96 bits per heavy atom. The van der Waals surface area contributed by atoms with Crippen LogP contribution in [0.15, 0.2) is 36.8 Å². The molecule has 1 unspecified atom stereocenters. The van der Waals surface area contributed by atoms with Crippen molar-refractivity contribution in [2.45, 2.75) is 52.5 Å². The normalized spacial score (nSPS) is 20.9. The number of rotatable bonds is 8. The lowest BCUT2D eigenvalue weighted by molar-refractivity contribution is 0.0382. The van der Waals surface area contributed by atoms with Gasteiger partial charge in [-0.2, -0.15) is 0 Å². The van der Waals surface area contributed by atoms with Gasteiger partial charge in [-0.05, 0) is 64.8 Å². The molecule has 3 rings (SSSR count). The molecule has 27 heavy (non-hydrogen) atoms. The molecule has 3 heterocycles. The molecule has 2 aromatic heterocycles. The second-order valence-electron chi connectivity index (χ2n) is 8.22. The highest BCUT2D eigenvalue weighted by Gasteiger charge is 2.43. The first-order valence-corrected chi connectivity index (χ1v) is 9.97. The second kappa shape index (κ2) is 8.44. The van der Waals surface area contributed by atoms with Crippen molar-refractivity contribution >= 4 is 0 Å². The van der Waals surface area contributed by atoms with Gasteiger partial charge in [0.05, 0.1) is 6.61 Å². The molecule has 0 spiro atoms. The van der Waals surface area contributed by atoms with Gasteiger partial charge in [-0.1, -0.05) is 6.07 Å². The van der Waals surface area contributed by atoms with E-state index in [2.05, 4.69) is 52.8 Å². The molecule has 1 saturated heterocycles. The fraction of sp³-hybridized carbons (Fsp3) is 0.591. The van der Waals surface area contributed by atoms with Crippen molar-refractivity contribution in [1.82, 2.24) is 19.9 Å². The van der Waals surface area contributed by atoms with Gasteiger partial charge in [0.25, 0.3) is 0 Å². The summed E-state index contributed by atoms with van der Waals surface area (Å²) in [7, 11) is 0. The van der Waals surface area contributed by atoms with E-state index in [1.54, 1.807) is 0 Å². The number of pyridine rings is 1. The smallest absolute Gasteiger partial charge is 0.128 e. The predicted octanol–water partition coefficient (Wildman–Crippen LogP) is 3.78. The SMILES string of the molecule is CCOCC1(CCc2ncccn2)CCN(C(C)(C)c2ccc(C)nc2)C1. The monoisotopic (exact) mass is 368 g/mol. The van der Waals surface area contributed by atoms with Crippen molar-refractivity contribution in [3.63, 3.8) is 0 Å². The molecule has 1 atom stereocenters. The highest BCUT2D eigenvalue weighted by Crippen LogP contribution is 2.41. The Labute approximate surface area is 163 Å². The summed E-state index contributed by atoms with van der Waals surface area (Å²) in [5.74, 6) is 0.925. The zero-order valence-electron chi connectivity index (χ0n) is 17.1. The van der Waals surface area contributed by atoms with Crippen molar-refractivity contribution in [1.29, 1.82) is 0 Å². The zero-order chi connectivity index (χ0) is 19.3. The molecule has 1 aliphatic heterocycles. The Morgan fingerprint density at radius 3 is 2.63 bits per heavy atom. The van der Waals surface area contributed by atoms with Crippen molar-refractivity contribution in [2.24, 2.45) is 5.41 Å². The maximum Gasteiger partial charge on any atom is 0.128 e. The third kappa shape index (κ3) is 4.71. The standard InChI is InChI=1S/C22H32N4O/c1-5-27-17-22(10-9-20-23-12-6-13-24-20)11-14-26(16-22)21(3,4)19-8-7-18(2)25-15-19/h6-8,12-13,15H,5,9-11,14,16-17H2,1-4H3. The molecule has 0 aliphatic carbocycles. The Hall–Kier alpha value is -1.85. The molecule has 0 amide bonds. The highest BCUT2D eigenvalue weighted by molar-refractivity contribution is 5.22. The lowest BCUT2D eigenvalue weighted by Crippen LogP contribution is -2.42. The van der Waals surface area contributed by atoms with Crippen LogP contribution in [0.3, 0.4) is 0 Å². The first-order chi connectivity index (χ1) is 13.0. The van der Waals surface area contributed by atoms with E-state index in [0.717, 1.165) is 57.1 Å². The van der Waals surface area contributed by atoms with E-state index in [0.29, 0.717) is 0 Å². The Bertz CT molecular complexity index is 717. The molecule has 0 aromatic carbocycles. The number of hydrogen-bond donors (Lipinski definition) is 0. The van der Waals surface area contributed by atoms with Crippen LogP contribution in [0.5, 0.6) is 0 Å². The van der Waals surface area contributed by atoms with Crippen LogP contribution in [-0.2, 0) is 16.7 Å². The van der Waals surface area contributed by atoms with Gasteiger partial charge in [-0.15, -0.1) is 0 Å². The summed E-state index contributed by atoms with van der Waals surface area (Å²) >= 11 is 0. The summed E-state index contributed by atoms with van der Waals surface area (Å²) in [6, 6.07) is 6.19. The number of aromatic nitrogens is 3. The molecule has 5 heteroatoms. The van der Waals surface area contributed by atoms with Crippen molar-refractivity contribution in [3.05, 3.63) is 53.9 Å². The molecular weight excluding hydrogens is 336 g/mol. The average Bonchev–Trinajstić information content (AvgIpc) is 3.12. The molecular formula is C22H32N4O. The highest BCUT2D eigenvalue weighted by atomic mass is 16.5. The molecule has 1 aliphatic rings. The fourth-order valence-corrected chi connectivity index (χ4v) is 3.97. The van der Waals surface area contributed by atoms with Crippen LogP contribution in [0.2, 0.25) is 0 Å². The quantitative estimate of drug-likeness (QED) is 0.710. The van der Waals surface area contributed by atoms with Crippen molar-refractivity contribution in [2.75, 3.05) is 26.3 Å². The van der Waals surface area contributed by atoms with Gasteiger partial charge in [0.1, 0.15) is 5.82 Å². The van der Waals surface area contributed by atoms with E-state index in [9.17, 15) is 0 Å². The van der Waals surface area contributed by atoms with Gasteiger partial charge in [0, 0.05) is 54.8 Å². The van der Waals surface area contributed by atoms with E-state index in [1.165, 1.54) is 5.56 Å². The Morgan fingerprint density at radius 1 is 1.19 bits per heavy atom. The van der Waals surface area contributed by atoms with Gasteiger partial charge in [-0.25, -0.2) is 9.97 Å². The van der Waals surface area contributed by atoms with E-state index in [4.69, 9.17) is 4.74 Å². The fourth-order valence-electron chi connectivity index (χ4n) is 3.97.